The second-order valence-electron chi connectivity index (χ2n) is 8.05. The topological polar surface area (TPSA) is 186 Å². The van der Waals surface area contributed by atoms with Gasteiger partial charge in [0.2, 0.25) is 5.91 Å². The molecule has 5 N–H and O–H groups in total. The molecular weight excluding hydrogens is 470 g/mol. The molecule has 1 fully saturated rings. The Morgan fingerprint density at radius 3 is 2.54 bits per heavy atom. The Hall–Kier alpha value is -3.72. The van der Waals surface area contributed by atoms with E-state index in [4.69, 9.17) is 4.65 Å². The van der Waals surface area contributed by atoms with Gasteiger partial charge < -0.3 is 35.4 Å². The number of amides is 5. The van der Waals surface area contributed by atoms with Gasteiger partial charge in [-0.25, -0.2) is 14.0 Å². The monoisotopic (exact) mass is 494 g/mol. The van der Waals surface area contributed by atoms with Crippen molar-refractivity contribution in [3.63, 3.8) is 0 Å². The van der Waals surface area contributed by atoms with Gasteiger partial charge in [0.05, 0.1) is 12.0 Å². The summed E-state index contributed by atoms with van der Waals surface area (Å²) < 4.78 is 19.1. The highest BCUT2D eigenvalue weighted by molar-refractivity contribution is 6.47. The normalized spacial score (nSPS) is 19.5. The number of benzene rings is 1. The number of urea groups is 1. The zero-order chi connectivity index (χ0) is 26.0. The Labute approximate surface area is 199 Å². The first-order chi connectivity index (χ1) is 16.5. The smallest absolute Gasteiger partial charge is 0.534 e. The lowest BCUT2D eigenvalue weighted by molar-refractivity contribution is -0.153. The number of carboxylic acid groups (broad SMARTS) is 1. The van der Waals surface area contributed by atoms with Crippen LogP contribution in [0.5, 0.6) is 5.75 Å². The molecule has 2 aliphatic heterocycles. The van der Waals surface area contributed by atoms with Gasteiger partial charge in [0.15, 0.2) is 0 Å². The number of halogens is 1. The van der Waals surface area contributed by atoms with Crippen LogP contribution in [0, 0.1) is 5.82 Å². The minimum absolute atomic E-state index is 0.104. The fraction of sp³-hybridized carbons (Fsp3) is 0.450. The van der Waals surface area contributed by atoms with Crippen molar-refractivity contribution < 1.29 is 48.3 Å². The van der Waals surface area contributed by atoms with Crippen molar-refractivity contribution in [2.24, 2.45) is 0 Å². The quantitative estimate of drug-likeness (QED) is 0.223. The fourth-order valence-electron chi connectivity index (χ4n) is 3.82. The van der Waals surface area contributed by atoms with Crippen LogP contribution in [-0.2, 0) is 20.8 Å². The molecule has 0 spiro atoms. The lowest BCUT2D eigenvalue weighted by Gasteiger charge is -2.33. The maximum atomic E-state index is 13.9. The van der Waals surface area contributed by atoms with Crippen LogP contribution in [0.2, 0.25) is 0 Å². The molecule has 1 aromatic carbocycles. The van der Waals surface area contributed by atoms with E-state index < -0.39 is 66.3 Å². The number of aromatic carboxylic acids is 1. The Bertz CT molecular complexity index is 1070. The van der Waals surface area contributed by atoms with Crippen LogP contribution in [0.1, 0.15) is 29.8 Å². The van der Waals surface area contributed by atoms with Crippen LogP contribution in [0.15, 0.2) is 12.1 Å². The molecule has 0 unspecified atom stereocenters. The first kappa shape index (κ1) is 25.9. The molecule has 3 rings (SSSR count). The van der Waals surface area contributed by atoms with Crippen LogP contribution >= 0.6 is 0 Å². The average Bonchev–Trinajstić information content (AvgIpc) is 2.79. The second-order valence-corrected chi connectivity index (χ2v) is 8.05. The number of carbonyl (C=O) groups excluding carboxylic acids is 4. The van der Waals surface area contributed by atoms with Gasteiger partial charge in [-0.2, -0.15) is 0 Å². The Kier molecular flexibility index (Phi) is 7.60. The van der Waals surface area contributed by atoms with Crippen LogP contribution in [0.3, 0.4) is 0 Å². The Balaban J connectivity index is 1.71. The van der Waals surface area contributed by atoms with Crippen molar-refractivity contribution in [1.29, 1.82) is 0 Å². The molecule has 1 aromatic rings. The van der Waals surface area contributed by atoms with E-state index in [0.717, 1.165) is 6.07 Å². The molecule has 0 bridgehead atoms. The number of rotatable bonds is 6. The van der Waals surface area contributed by atoms with Crippen molar-refractivity contribution >= 4 is 36.8 Å². The van der Waals surface area contributed by atoms with Crippen molar-refractivity contribution in [1.82, 2.24) is 20.4 Å². The summed E-state index contributed by atoms with van der Waals surface area (Å²) in [5.41, 5.74) is -0.558. The van der Waals surface area contributed by atoms with Gasteiger partial charge in [-0.3, -0.25) is 19.3 Å². The van der Waals surface area contributed by atoms with E-state index in [-0.39, 0.29) is 37.4 Å². The molecule has 2 heterocycles. The lowest BCUT2D eigenvalue weighted by atomic mass is 9.72. The first-order valence-electron chi connectivity index (χ1n) is 10.7. The highest BCUT2D eigenvalue weighted by atomic mass is 19.1. The van der Waals surface area contributed by atoms with Gasteiger partial charge in [0, 0.05) is 19.6 Å². The molecule has 5 amide bonds. The largest absolute Gasteiger partial charge is 0.547 e. The second kappa shape index (κ2) is 10.3. The Morgan fingerprint density at radius 2 is 1.94 bits per heavy atom. The Morgan fingerprint density at radius 1 is 1.26 bits per heavy atom. The fourth-order valence-corrected chi connectivity index (χ4v) is 3.82. The summed E-state index contributed by atoms with van der Waals surface area (Å²) in [6.07, 6.45) is -1.58. The predicted molar refractivity (Wildman–Crippen MR) is 116 cm³/mol. The minimum atomic E-state index is -1.77. The zero-order valence-electron chi connectivity index (χ0n) is 18.9. The van der Waals surface area contributed by atoms with Crippen LogP contribution in [-0.4, -0.2) is 99.6 Å². The van der Waals surface area contributed by atoms with Gasteiger partial charge in [-0.1, -0.05) is 6.07 Å². The molecule has 0 saturated carbocycles. The number of hydrogen-bond donors (Lipinski definition) is 5. The van der Waals surface area contributed by atoms with E-state index in [1.165, 1.54) is 17.9 Å². The minimum Gasteiger partial charge on any atom is -0.534 e. The van der Waals surface area contributed by atoms with E-state index in [0.29, 0.717) is 4.90 Å². The molecule has 35 heavy (non-hydrogen) atoms. The van der Waals surface area contributed by atoms with Crippen molar-refractivity contribution in [2.45, 2.75) is 38.4 Å². The molecule has 1 saturated heterocycles. The number of fused-ring (bicyclic) bond motifs is 1. The van der Waals surface area contributed by atoms with E-state index in [2.05, 4.69) is 10.6 Å². The summed E-state index contributed by atoms with van der Waals surface area (Å²) in [7, 11) is -1.77. The zero-order valence-corrected chi connectivity index (χ0v) is 18.9. The van der Waals surface area contributed by atoms with Crippen LogP contribution in [0.4, 0.5) is 9.18 Å². The third kappa shape index (κ3) is 5.20. The van der Waals surface area contributed by atoms with Crippen LogP contribution < -0.4 is 15.3 Å². The number of piperazine rings is 1. The van der Waals surface area contributed by atoms with Crippen LogP contribution in [0.25, 0.3) is 0 Å². The van der Waals surface area contributed by atoms with Crippen molar-refractivity contribution in [3.8, 4) is 5.75 Å². The summed E-state index contributed by atoms with van der Waals surface area (Å²) in [5.74, 6) is -7.06. The molecule has 0 aliphatic carbocycles. The highest BCUT2D eigenvalue weighted by Gasteiger charge is 2.41. The third-order valence-corrected chi connectivity index (χ3v) is 5.73. The number of hydrogen-bond acceptors (Lipinski definition) is 8. The summed E-state index contributed by atoms with van der Waals surface area (Å²) >= 11 is 0. The summed E-state index contributed by atoms with van der Waals surface area (Å²) in [6, 6.07) is -0.481. The number of carbonyl (C=O) groups is 5. The molecule has 15 heteroatoms. The third-order valence-electron chi connectivity index (χ3n) is 5.73. The molecule has 0 aromatic heterocycles. The number of nitrogens with one attached hydrogen (secondary N) is 2. The van der Waals surface area contributed by atoms with Gasteiger partial charge >= 0.3 is 30.9 Å². The maximum Gasteiger partial charge on any atom is 0.547 e. The standard InChI is InChI=1S/C20H24BFN4O9/c1-3-25-6-7-26(18(30)17(25)29)20(33)24-14(9(2)27)16(28)23-12-8-10-4-5-11(22)13(19(31)32)15(10)35-21(12)34/h4-5,9,12,14,27,34H,3,6-8H2,1-2H3,(H,23,28)(H,24,33)(H,31,32)/t9-,12+,14-/m1/s1. The number of likely N-dealkylation sites (N-methyl/N-ethyl adjacent to an activating group) is 1. The summed E-state index contributed by atoms with van der Waals surface area (Å²) in [6.45, 7) is 3.18. The number of aliphatic hydroxyl groups is 1. The van der Waals surface area contributed by atoms with Crippen molar-refractivity contribution in [2.75, 3.05) is 19.6 Å². The van der Waals surface area contributed by atoms with E-state index >= 15 is 0 Å². The number of nitrogens with zero attached hydrogens (tertiary/aromatic N) is 2. The van der Waals surface area contributed by atoms with Crippen molar-refractivity contribution in [3.05, 3.63) is 29.1 Å². The molecule has 3 atom stereocenters. The van der Waals surface area contributed by atoms with Gasteiger partial charge in [-0.05, 0) is 31.9 Å². The molecular formula is C20H24BFN4O9. The average molecular weight is 494 g/mol. The summed E-state index contributed by atoms with van der Waals surface area (Å²) in [4.78, 5) is 62.9. The number of carboxylic acids is 1. The van der Waals surface area contributed by atoms with Gasteiger partial charge in [-0.15, -0.1) is 0 Å². The van der Waals surface area contributed by atoms with E-state index in [9.17, 15) is 43.6 Å². The molecule has 2 aliphatic rings. The number of aliphatic hydroxyl groups excluding tert-OH is 1. The molecule has 0 radical (unpaired) electrons. The van der Waals surface area contributed by atoms with E-state index in [1.807, 2.05) is 0 Å². The van der Waals surface area contributed by atoms with Gasteiger partial charge in [0.1, 0.15) is 23.2 Å². The first-order valence-corrected chi connectivity index (χ1v) is 10.7. The molecule has 13 nitrogen and oxygen atoms in total. The summed E-state index contributed by atoms with van der Waals surface area (Å²) in [5, 5.41) is 34.2. The number of imide groups is 1. The predicted octanol–water partition coefficient (Wildman–Crippen LogP) is -1.89. The van der Waals surface area contributed by atoms with E-state index in [1.54, 1.807) is 6.92 Å². The highest BCUT2D eigenvalue weighted by Crippen LogP contribution is 2.32. The lowest BCUT2D eigenvalue weighted by Crippen LogP contribution is -2.63. The maximum absolute atomic E-state index is 13.9. The SMILES string of the molecule is CCN1CCN(C(=O)N[C@@H](C(=O)N[C@H]2Cc3ccc(F)c(C(=O)O)c3OB2O)[C@@H](C)O)C(=O)C1=O. The molecule has 188 valence electrons. The van der Waals surface area contributed by atoms with Gasteiger partial charge in [0.25, 0.3) is 0 Å².